The van der Waals surface area contributed by atoms with Crippen LogP contribution in [0.2, 0.25) is 0 Å². The molecule has 1 atom stereocenters. The van der Waals surface area contributed by atoms with E-state index in [-0.39, 0.29) is 5.69 Å². The third-order valence-corrected chi connectivity index (χ3v) is 3.47. The number of hydrogen-bond acceptors (Lipinski definition) is 2. The summed E-state index contributed by atoms with van der Waals surface area (Å²) in [7, 11) is 0. The van der Waals surface area contributed by atoms with Crippen LogP contribution in [0.4, 0.5) is 18.9 Å². The average Bonchev–Trinajstić information content (AvgIpc) is 2.84. The molecule has 1 heterocycles. The molecule has 1 aliphatic rings. The number of hydrogen-bond donors (Lipinski definition) is 1. The third kappa shape index (κ3) is 3.48. The van der Waals surface area contributed by atoms with Gasteiger partial charge in [-0.1, -0.05) is 0 Å². The van der Waals surface area contributed by atoms with Gasteiger partial charge in [-0.15, -0.1) is 0 Å². The van der Waals surface area contributed by atoms with Crippen molar-refractivity contribution in [2.24, 2.45) is 0 Å². The van der Waals surface area contributed by atoms with Crippen LogP contribution in [0.15, 0.2) is 22.7 Å². The van der Waals surface area contributed by atoms with E-state index in [2.05, 4.69) is 21.2 Å². The molecule has 1 fully saturated rings. The Morgan fingerprint density at radius 2 is 2.16 bits per heavy atom. The smallest absolute Gasteiger partial charge is 0.368 e. The van der Waals surface area contributed by atoms with Crippen molar-refractivity contribution >= 4 is 27.5 Å². The highest BCUT2D eigenvalue weighted by atomic mass is 79.9. The van der Waals surface area contributed by atoms with E-state index in [0.29, 0.717) is 17.5 Å². The van der Waals surface area contributed by atoms with Crippen LogP contribution >= 0.6 is 15.9 Å². The van der Waals surface area contributed by atoms with Gasteiger partial charge in [0.2, 0.25) is 0 Å². The molecule has 1 N–H and O–H groups in total. The fourth-order valence-corrected chi connectivity index (χ4v) is 2.14. The molecule has 0 aromatic heterocycles. The van der Waals surface area contributed by atoms with Crippen molar-refractivity contribution < 1.29 is 22.7 Å². The first-order valence-corrected chi connectivity index (χ1v) is 6.46. The Morgan fingerprint density at radius 3 is 2.74 bits per heavy atom. The van der Waals surface area contributed by atoms with Gasteiger partial charge in [0.25, 0.3) is 5.91 Å². The maximum Gasteiger partial charge on any atom is 0.416 e. The molecule has 0 aliphatic carbocycles. The molecule has 1 aromatic carbocycles. The lowest BCUT2D eigenvalue weighted by Crippen LogP contribution is -2.27. The SMILES string of the molecule is O=C(Nc1cc(C(F)(F)F)ccc1Br)[C@H]1CCCO1. The minimum atomic E-state index is -4.44. The van der Waals surface area contributed by atoms with E-state index in [1.54, 1.807) is 0 Å². The van der Waals surface area contributed by atoms with Crippen LogP contribution < -0.4 is 5.32 Å². The molecule has 7 heteroatoms. The summed E-state index contributed by atoms with van der Waals surface area (Å²) in [4.78, 5) is 11.8. The molecule has 0 unspecified atom stereocenters. The standard InChI is InChI=1S/C12H11BrF3NO2/c13-8-4-3-7(12(14,15)16)6-9(8)17-11(18)10-2-1-5-19-10/h3-4,6,10H,1-2,5H2,(H,17,18)/t10-/m1/s1. The Kier molecular flexibility index (Phi) is 4.15. The summed E-state index contributed by atoms with van der Waals surface area (Å²) in [5.41, 5.74) is -0.714. The van der Waals surface area contributed by atoms with Crippen LogP contribution in [0.1, 0.15) is 18.4 Å². The van der Waals surface area contributed by atoms with Gasteiger partial charge in [-0.3, -0.25) is 4.79 Å². The minimum absolute atomic E-state index is 0.0929. The average molecular weight is 338 g/mol. The Labute approximate surface area is 116 Å². The van der Waals surface area contributed by atoms with Crippen molar-refractivity contribution in [3.63, 3.8) is 0 Å². The first-order chi connectivity index (χ1) is 8.88. The van der Waals surface area contributed by atoms with Gasteiger partial charge in [0.05, 0.1) is 11.3 Å². The molecule has 0 bridgehead atoms. The number of nitrogens with one attached hydrogen (secondary N) is 1. The molecule has 104 valence electrons. The second kappa shape index (κ2) is 5.50. The Bertz CT molecular complexity index is 484. The molecule has 0 saturated carbocycles. The normalized spacial score (nSPS) is 19.5. The Morgan fingerprint density at radius 1 is 1.42 bits per heavy atom. The van der Waals surface area contributed by atoms with E-state index in [1.807, 2.05) is 0 Å². The summed E-state index contributed by atoms with van der Waals surface area (Å²) in [5.74, 6) is -0.419. The van der Waals surface area contributed by atoms with Gasteiger partial charge < -0.3 is 10.1 Å². The number of rotatable bonds is 2. The number of alkyl halides is 3. The van der Waals surface area contributed by atoms with Crippen molar-refractivity contribution in [2.45, 2.75) is 25.1 Å². The molecular weight excluding hydrogens is 327 g/mol. The summed E-state index contributed by atoms with van der Waals surface area (Å²) < 4.78 is 43.3. The fourth-order valence-electron chi connectivity index (χ4n) is 1.80. The highest BCUT2D eigenvalue weighted by Crippen LogP contribution is 2.34. The second-order valence-corrected chi connectivity index (χ2v) is 5.04. The number of halogens is 4. The highest BCUT2D eigenvalue weighted by Gasteiger charge is 2.31. The predicted octanol–water partition coefficient (Wildman–Crippen LogP) is 3.59. The molecule has 1 aliphatic heterocycles. The second-order valence-electron chi connectivity index (χ2n) is 4.18. The lowest BCUT2D eigenvalue weighted by molar-refractivity contribution is -0.137. The van der Waals surface area contributed by atoms with E-state index >= 15 is 0 Å². The molecule has 0 radical (unpaired) electrons. The van der Waals surface area contributed by atoms with Crippen molar-refractivity contribution in [3.8, 4) is 0 Å². The summed E-state index contributed by atoms with van der Waals surface area (Å²) in [6.07, 6.45) is -3.66. The van der Waals surface area contributed by atoms with Crippen molar-refractivity contribution in [1.82, 2.24) is 0 Å². The number of benzene rings is 1. The van der Waals surface area contributed by atoms with Crippen LogP contribution in [0.3, 0.4) is 0 Å². The van der Waals surface area contributed by atoms with Crippen LogP contribution in [0, 0.1) is 0 Å². The topological polar surface area (TPSA) is 38.3 Å². The lowest BCUT2D eigenvalue weighted by atomic mass is 10.2. The molecule has 19 heavy (non-hydrogen) atoms. The molecule has 3 nitrogen and oxygen atoms in total. The van der Waals surface area contributed by atoms with Gasteiger partial charge in [0, 0.05) is 11.1 Å². The van der Waals surface area contributed by atoms with E-state index < -0.39 is 23.8 Å². The number of ether oxygens (including phenoxy) is 1. The van der Waals surface area contributed by atoms with Crippen LogP contribution in [0.5, 0.6) is 0 Å². The summed E-state index contributed by atoms with van der Waals surface area (Å²) in [5, 5.41) is 2.45. The van der Waals surface area contributed by atoms with Crippen molar-refractivity contribution in [1.29, 1.82) is 0 Å². The maximum absolute atomic E-state index is 12.6. The van der Waals surface area contributed by atoms with Gasteiger partial charge in [-0.25, -0.2) is 0 Å². The van der Waals surface area contributed by atoms with Gasteiger partial charge in [0.15, 0.2) is 0 Å². The van der Waals surface area contributed by atoms with Crippen LogP contribution in [-0.2, 0) is 15.7 Å². The first-order valence-electron chi connectivity index (χ1n) is 5.67. The maximum atomic E-state index is 12.6. The van der Waals surface area contributed by atoms with E-state index in [1.165, 1.54) is 6.07 Å². The lowest BCUT2D eigenvalue weighted by Gasteiger charge is -2.14. The molecular formula is C12H11BrF3NO2. The molecule has 2 rings (SSSR count). The van der Waals surface area contributed by atoms with Crippen LogP contribution in [0.25, 0.3) is 0 Å². The third-order valence-electron chi connectivity index (χ3n) is 2.77. The zero-order valence-corrected chi connectivity index (χ0v) is 11.3. The summed E-state index contributed by atoms with van der Waals surface area (Å²) in [6, 6.07) is 3.11. The molecule has 1 aromatic rings. The largest absolute Gasteiger partial charge is 0.416 e. The van der Waals surface area contributed by atoms with E-state index in [4.69, 9.17) is 4.74 Å². The number of carbonyl (C=O) groups is 1. The van der Waals surface area contributed by atoms with Gasteiger partial charge in [-0.05, 0) is 47.0 Å². The Hall–Kier alpha value is -1.08. The zero-order chi connectivity index (χ0) is 14.0. The minimum Gasteiger partial charge on any atom is -0.368 e. The molecule has 1 saturated heterocycles. The van der Waals surface area contributed by atoms with Gasteiger partial charge in [-0.2, -0.15) is 13.2 Å². The van der Waals surface area contributed by atoms with Crippen LogP contribution in [-0.4, -0.2) is 18.6 Å². The number of amides is 1. The monoisotopic (exact) mass is 337 g/mol. The summed E-state index contributed by atoms with van der Waals surface area (Å²) in [6.45, 7) is 0.502. The Balaban J connectivity index is 2.17. The molecule has 1 amide bonds. The number of carbonyl (C=O) groups excluding carboxylic acids is 1. The molecule has 0 spiro atoms. The van der Waals surface area contributed by atoms with E-state index in [0.717, 1.165) is 18.6 Å². The van der Waals surface area contributed by atoms with Crippen molar-refractivity contribution in [3.05, 3.63) is 28.2 Å². The highest BCUT2D eigenvalue weighted by molar-refractivity contribution is 9.10. The van der Waals surface area contributed by atoms with Gasteiger partial charge in [0.1, 0.15) is 6.10 Å². The number of anilines is 1. The predicted molar refractivity (Wildman–Crippen MR) is 66.7 cm³/mol. The quantitative estimate of drug-likeness (QED) is 0.895. The first kappa shape index (κ1) is 14.3. The summed E-state index contributed by atoms with van der Waals surface area (Å²) >= 11 is 3.11. The zero-order valence-electron chi connectivity index (χ0n) is 9.76. The van der Waals surface area contributed by atoms with Crippen molar-refractivity contribution in [2.75, 3.05) is 11.9 Å². The van der Waals surface area contributed by atoms with E-state index in [9.17, 15) is 18.0 Å². The fraction of sp³-hybridized carbons (Fsp3) is 0.417. The van der Waals surface area contributed by atoms with Gasteiger partial charge >= 0.3 is 6.18 Å².